The van der Waals surface area contributed by atoms with Crippen molar-refractivity contribution < 1.29 is 4.74 Å². The lowest BCUT2D eigenvalue weighted by molar-refractivity contribution is 0.414. The molecular formula is C17H22N2O. The number of aryl methyl sites for hydroxylation is 2. The summed E-state index contributed by atoms with van der Waals surface area (Å²) in [5, 5.41) is 0. The van der Waals surface area contributed by atoms with E-state index in [9.17, 15) is 0 Å². The van der Waals surface area contributed by atoms with Crippen molar-refractivity contribution in [3.8, 4) is 5.75 Å². The van der Waals surface area contributed by atoms with E-state index in [1.165, 1.54) is 16.8 Å². The molecule has 0 saturated carbocycles. The Balaban J connectivity index is 2.22. The van der Waals surface area contributed by atoms with E-state index < -0.39 is 0 Å². The van der Waals surface area contributed by atoms with Gasteiger partial charge in [-0.25, -0.2) is 0 Å². The molecule has 0 saturated heterocycles. The summed E-state index contributed by atoms with van der Waals surface area (Å²) in [6.07, 6.45) is 0. The number of rotatable bonds is 4. The average molecular weight is 270 g/mol. The maximum atomic E-state index is 5.90. The van der Waals surface area contributed by atoms with Crippen LogP contribution in [0.5, 0.6) is 5.75 Å². The molecule has 0 aromatic heterocycles. The van der Waals surface area contributed by atoms with Gasteiger partial charge in [-0.2, -0.15) is 0 Å². The summed E-state index contributed by atoms with van der Waals surface area (Å²) < 4.78 is 5.26. The van der Waals surface area contributed by atoms with Crippen molar-refractivity contribution in [2.24, 2.45) is 0 Å². The second-order valence-electron chi connectivity index (χ2n) is 5.26. The molecule has 3 nitrogen and oxygen atoms in total. The maximum absolute atomic E-state index is 5.90. The smallest absolute Gasteiger partial charge is 0.121 e. The maximum Gasteiger partial charge on any atom is 0.121 e. The van der Waals surface area contributed by atoms with Crippen molar-refractivity contribution in [3.05, 3.63) is 53.1 Å². The number of hydrogen-bond donors (Lipinski definition) is 1. The predicted octanol–water partition coefficient (Wildman–Crippen LogP) is 3.53. The van der Waals surface area contributed by atoms with Crippen LogP contribution in [-0.2, 0) is 6.54 Å². The van der Waals surface area contributed by atoms with Gasteiger partial charge >= 0.3 is 0 Å². The molecule has 2 aromatic carbocycles. The lowest BCUT2D eigenvalue weighted by Crippen LogP contribution is -2.17. The van der Waals surface area contributed by atoms with E-state index in [4.69, 9.17) is 10.5 Å². The Morgan fingerprint density at radius 1 is 1.10 bits per heavy atom. The predicted molar refractivity (Wildman–Crippen MR) is 85.4 cm³/mol. The second-order valence-corrected chi connectivity index (χ2v) is 5.26. The van der Waals surface area contributed by atoms with Crippen molar-refractivity contribution in [2.45, 2.75) is 20.4 Å². The molecule has 2 N–H and O–H groups in total. The highest BCUT2D eigenvalue weighted by atomic mass is 16.5. The topological polar surface area (TPSA) is 38.5 Å². The zero-order chi connectivity index (χ0) is 14.7. The van der Waals surface area contributed by atoms with Crippen molar-refractivity contribution in [1.29, 1.82) is 0 Å². The fourth-order valence-corrected chi connectivity index (χ4v) is 2.49. The third-order valence-electron chi connectivity index (χ3n) is 3.41. The first-order chi connectivity index (χ1) is 9.49. The SMILES string of the molecule is COc1cc(N)cc(CN(C)c2ccc(C)cc2C)c1. The summed E-state index contributed by atoms with van der Waals surface area (Å²) in [6.45, 7) is 5.05. The Morgan fingerprint density at radius 3 is 2.50 bits per heavy atom. The van der Waals surface area contributed by atoms with E-state index in [1.54, 1.807) is 7.11 Å². The van der Waals surface area contributed by atoms with Gasteiger partial charge in [-0.15, -0.1) is 0 Å². The number of nitrogen functional groups attached to an aromatic ring is 1. The third-order valence-corrected chi connectivity index (χ3v) is 3.41. The molecule has 0 aliphatic rings. The normalized spacial score (nSPS) is 10.4. The van der Waals surface area contributed by atoms with Crippen LogP contribution in [0.3, 0.4) is 0 Å². The first-order valence-corrected chi connectivity index (χ1v) is 6.71. The zero-order valence-electron chi connectivity index (χ0n) is 12.6. The van der Waals surface area contributed by atoms with Crippen LogP contribution < -0.4 is 15.4 Å². The Bertz CT molecular complexity index is 608. The number of hydrogen-bond acceptors (Lipinski definition) is 3. The minimum absolute atomic E-state index is 0.730. The van der Waals surface area contributed by atoms with Gasteiger partial charge in [-0.3, -0.25) is 0 Å². The van der Waals surface area contributed by atoms with Crippen molar-refractivity contribution >= 4 is 11.4 Å². The van der Waals surface area contributed by atoms with Crippen LogP contribution in [0, 0.1) is 13.8 Å². The summed E-state index contributed by atoms with van der Waals surface area (Å²) >= 11 is 0. The Morgan fingerprint density at radius 2 is 1.85 bits per heavy atom. The van der Waals surface area contributed by atoms with E-state index in [2.05, 4.69) is 44.0 Å². The quantitative estimate of drug-likeness (QED) is 0.864. The highest BCUT2D eigenvalue weighted by Gasteiger charge is 2.07. The number of nitrogens with two attached hydrogens (primary N) is 1. The average Bonchev–Trinajstić information content (AvgIpc) is 2.37. The van der Waals surface area contributed by atoms with E-state index in [1.807, 2.05) is 18.2 Å². The van der Waals surface area contributed by atoms with Crippen molar-refractivity contribution in [3.63, 3.8) is 0 Å². The molecule has 0 amide bonds. The van der Waals surface area contributed by atoms with Gasteiger partial charge in [0.15, 0.2) is 0 Å². The van der Waals surface area contributed by atoms with E-state index in [-0.39, 0.29) is 0 Å². The van der Waals surface area contributed by atoms with E-state index in [0.29, 0.717) is 0 Å². The second kappa shape index (κ2) is 5.87. The third kappa shape index (κ3) is 3.23. The van der Waals surface area contributed by atoms with Gasteiger partial charge in [0.25, 0.3) is 0 Å². The van der Waals surface area contributed by atoms with Gasteiger partial charge in [0.1, 0.15) is 5.75 Å². The molecule has 106 valence electrons. The minimum atomic E-state index is 0.730. The number of anilines is 2. The van der Waals surface area contributed by atoms with Crippen LogP contribution in [0.1, 0.15) is 16.7 Å². The lowest BCUT2D eigenvalue weighted by Gasteiger charge is -2.22. The molecule has 20 heavy (non-hydrogen) atoms. The number of benzene rings is 2. The molecule has 0 fully saturated rings. The number of ether oxygens (including phenoxy) is 1. The van der Waals surface area contributed by atoms with Crippen LogP contribution in [-0.4, -0.2) is 14.2 Å². The molecular weight excluding hydrogens is 248 g/mol. The summed E-state index contributed by atoms with van der Waals surface area (Å²) in [6, 6.07) is 12.3. The summed E-state index contributed by atoms with van der Waals surface area (Å²) in [7, 11) is 3.75. The van der Waals surface area contributed by atoms with Gasteiger partial charge < -0.3 is 15.4 Å². The minimum Gasteiger partial charge on any atom is -0.497 e. The molecule has 2 rings (SSSR count). The molecule has 0 aliphatic carbocycles. The van der Waals surface area contributed by atoms with Gasteiger partial charge in [0.2, 0.25) is 0 Å². The lowest BCUT2D eigenvalue weighted by atomic mass is 10.1. The molecule has 0 heterocycles. The van der Waals surface area contributed by atoms with Crippen molar-refractivity contribution in [2.75, 3.05) is 24.8 Å². The molecule has 0 aliphatic heterocycles. The molecule has 2 aromatic rings. The zero-order valence-corrected chi connectivity index (χ0v) is 12.6. The van der Waals surface area contributed by atoms with Gasteiger partial charge in [0.05, 0.1) is 7.11 Å². The fraction of sp³-hybridized carbons (Fsp3) is 0.294. The molecule has 0 unspecified atom stereocenters. The van der Waals surface area contributed by atoms with E-state index in [0.717, 1.165) is 23.5 Å². The first kappa shape index (κ1) is 14.3. The van der Waals surface area contributed by atoms with Crippen LogP contribution in [0.2, 0.25) is 0 Å². The largest absolute Gasteiger partial charge is 0.497 e. The Labute approximate surface area is 121 Å². The Hall–Kier alpha value is -2.16. The summed E-state index contributed by atoms with van der Waals surface area (Å²) in [4.78, 5) is 2.23. The van der Waals surface area contributed by atoms with Gasteiger partial charge in [-0.1, -0.05) is 17.7 Å². The molecule has 3 heteroatoms. The first-order valence-electron chi connectivity index (χ1n) is 6.71. The summed E-state index contributed by atoms with van der Waals surface area (Å²) in [5.41, 5.74) is 11.6. The van der Waals surface area contributed by atoms with Gasteiger partial charge in [0, 0.05) is 31.0 Å². The van der Waals surface area contributed by atoms with Crippen LogP contribution in [0.25, 0.3) is 0 Å². The Kier molecular flexibility index (Phi) is 4.18. The van der Waals surface area contributed by atoms with Crippen LogP contribution in [0.4, 0.5) is 11.4 Å². The highest BCUT2D eigenvalue weighted by molar-refractivity contribution is 5.55. The monoisotopic (exact) mass is 270 g/mol. The highest BCUT2D eigenvalue weighted by Crippen LogP contribution is 2.24. The molecule has 0 spiro atoms. The fourth-order valence-electron chi connectivity index (χ4n) is 2.49. The number of methoxy groups -OCH3 is 1. The van der Waals surface area contributed by atoms with Crippen LogP contribution in [0.15, 0.2) is 36.4 Å². The molecule has 0 radical (unpaired) electrons. The standard InChI is InChI=1S/C17H22N2O/c1-12-5-6-17(13(2)7-12)19(3)11-14-8-15(18)10-16(9-14)20-4/h5-10H,11,18H2,1-4H3. The summed E-state index contributed by atoms with van der Waals surface area (Å²) in [5.74, 6) is 0.800. The van der Waals surface area contributed by atoms with Crippen molar-refractivity contribution in [1.82, 2.24) is 0 Å². The number of nitrogens with zero attached hydrogens (tertiary/aromatic N) is 1. The molecule has 0 bridgehead atoms. The van der Waals surface area contributed by atoms with Crippen LogP contribution >= 0.6 is 0 Å². The van der Waals surface area contributed by atoms with E-state index >= 15 is 0 Å². The molecule has 0 atom stereocenters. The van der Waals surface area contributed by atoms with Gasteiger partial charge in [-0.05, 0) is 43.2 Å².